The van der Waals surface area contributed by atoms with Crippen molar-refractivity contribution in [2.24, 2.45) is 0 Å². The SMILES string of the molecule is O=[N+]([O-])c1ccc(CNc2cc(C(F)(F)F)nc(NCCO)n2)cc1. The monoisotopic (exact) mass is 357 g/mol. The van der Waals surface area contributed by atoms with Crippen molar-refractivity contribution in [1.29, 1.82) is 0 Å². The van der Waals surface area contributed by atoms with Gasteiger partial charge in [0, 0.05) is 31.3 Å². The van der Waals surface area contributed by atoms with E-state index in [4.69, 9.17) is 5.11 Å². The number of non-ortho nitro benzene ring substituents is 1. The number of rotatable bonds is 7. The van der Waals surface area contributed by atoms with Crippen LogP contribution in [-0.4, -0.2) is 33.1 Å². The molecule has 2 aromatic rings. The van der Waals surface area contributed by atoms with Gasteiger partial charge in [-0.05, 0) is 5.56 Å². The Hall–Kier alpha value is -2.95. The number of aromatic nitrogens is 2. The third-order valence-corrected chi connectivity index (χ3v) is 3.03. The Morgan fingerprint density at radius 2 is 1.84 bits per heavy atom. The Labute approximate surface area is 139 Å². The lowest BCUT2D eigenvalue weighted by Gasteiger charge is -2.12. The quantitative estimate of drug-likeness (QED) is 0.515. The van der Waals surface area contributed by atoms with Crippen molar-refractivity contribution in [2.45, 2.75) is 12.7 Å². The van der Waals surface area contributed by atoms with E-state index in [1.165, 1.54) is 24.3 Å². The summed E-state index contributed by atoms with van der Waals surface area (Å²) in [5, 5.41) is 24.5. The van der Waals surface area contributed by atoms with E-state index < -0.39 is 16.8 Å². The van der Waals surface area contributed by atoms with Gasteiger partial charge in [0.2, 0.25) is 5.95 Å². The molecule has 2 rings (SSSR count). The molecule has 0 atom stereocenters. The lowest BCUT2D eigenvalue weighted by atomic mass is 10.2. The highest BCUT2D eigenvalue weighted by molar-refractivity contribution is 5.44. The molecule has 8 nitrogen and oxygen atoms in total. The molecule has 0 saturated carbocycles. The predicted molar refractivity (Wildman–Crippen MR) is 83.0 cm³/mol. The number of aliphatic hydroxyl groups is 1. The van der Waals surface area contributed by atoms with Gasteiger partial charge in [0.05, 0.1) is 11.5 Å². The van der Waals surface area contributed by atoms with Crippen LogP contribution in [-0.2, 0) is 12.7 Å². The van der Waals surface area contributed by atoms with Gasteiger partial charge < -0.3 is 15.7 Å². The van der Waals surface area contributed by atoms with Crippen molar-refractivity contribution in [1.82, 2.24) is 9.97 Å². The zero-order valence-electron chi connectivity index (χ0n) is 12.7. The maximum Gasteiger partial charge on any atom is 0.433 e. The van der Waals surface area contributed by atoms with Gasteiger partial charge in [0.15, 0.2) is 5.69 Å². The van der Waals surface area contributed by atoms with E-state index in [2.05, 4.69) is 20.6 Å². The standard InChI is InChI=1S/C14H14F3N5O3/c15-14(16,17)11-7-12(21-13(20-11)18-5-6-23)19-8-9-1-3-10(4-2-9)22(24)25/h1-4,7,23H,5-6,8H2,(H2,18,19,20,21). The number of nitrogens with one attached hydrogen (secondary N) is 2. The van der Waals surface area contributed by atoms with Crippen LogP contribution in [0.2, 0.25) is 0 Å². The molecule has 0 fully saturated rings. The van der Waals surface area contributed by atoms with Crippen molar-refractivity contribution in [3.05, 3.63) is 51.7 Å². The fourth-order valence-corrected chi connectivity index (χ4v) is 1.86. The van der Waals surface area contributed by atoms with Gasteiger partial charge in [-0.25, -0.2) is 4.98 Å². The Kier molecular flexibility index (Phi) is 5.70. The third kappa shape index (κ3) is 5.28. The van der Waals surface area contributed by atoms with Crippen molar-refractivity contribution in [3.8, 4) is 0 Å². The molecule has 134 valence electrons. The Bertz CT molecular complexity index is 737. The summed E-state index contributed by atoms with van der Waals surface area (Å²) in [5.74, 6) is -0.337. The number of aliphatic hydroxyl groups excluding tert-OH is 1. The predicted octanol–water partition coefficient (Wildman–Crippen LogP) is 2.42. The van der Waals surface area contributed by atoms with Crippen molar-refractivity contribution in [2.75, 3.05) is 23.8 Å². The third-order valence-electron chi connectivity index (χ3n) is 3.03. The fraction of sp³-hybridized carbons (Fsp3) is 0.286. The van der Waals surface area contributed by atoms with Crippen LogP contribution in [0.1, 0.15) is 11.3 Å². The molecule has 11 heteroatoms. The van der Waals surface area contributed by atoms with E-state index in [0.29, 0.717) is 5.56 Å². The lowest BCUT2D eigenvalue weighted by Crippen LogP contribution is -2.15. The Morgan fingerprint density at radius 1 is 1.16 bits per heavy atom. The maximum absolute atomic E-state index is 12.9. The molecule has 0 aliphatic carbocycles. The van der Waals surface area contributed by atoms with E-state index in [1.54, 1.807) is 0 Å². The number of halogens is 3. The lowest BCUT2D eigenvalue weighted by molar-refractivity contribution is -0.384. The highest BCUT2D eigenvalue weighted by Crippen LogP contribution is 2.29. The normalized spacial score (nSPS) is 11.2. The van der Waals surface area contributed by atoms with E-state index in [9.17, 15) is 23.3 Å². The van der Waals surface area contributed by atoms with Crippen LogP contribution < -0.4 is 10.6 Å². The highest BCUT2D eigenvalue weighted by atomic mass is 19.4. The maximum atomic E-state index is 12.9. The second-order valence-corrected chi connectivity index (χ2v) is 4.89. The summed E-state index contributed by atoms with van der Waals surface area (Å²) in [6, 6.07) is 6.33. The van der Waals surface area contributed by atoms with E-state index in [1.807, 2.05) is 0 Å². The topological polar surface area (TPSA) is 113 Å². The number of alkyl halides is 3. The number of nitro benzene ring substituents is 1. The van der Waals surface area contributed by atoms with E-state index in [0.717, 1.165) is 6.07 Å². The molecule has 1 heterocycles. The van der Waals surface area contributed by atoms with Crippen molar-refractivity contribution in [3.63, 3.8) is 0 Å². The van der Waals surface area contributed by atoms with Gasteiger partial charge in [-0.15, -0.1) is 0 Å². The van der Waals surface area contributed by atoms with Crippen LogP contribution in [0.5, 0.6) is 0 Å². The number of benzene rings is 1. The first-order valence-corrected chi connectivity index (χ1v) is 7.08. The van der Waals surface area contributed by atoms with Gasteiger partial charge in [-0.2, -0.15) is 18.2 Å². The van der Waals surface area contributed by atoms with Crippen LogP contribution in [0.4, 0.5) is 30.6 Å². The van der Waals surface area contributed by atoms with E-state index in [-0.39, 0.29) is 37.1 Å². The molecule has 0 aliphatic heterocycles. The van der Waals surface area contributed by atoms with Crippen LogP contribution >= 0.6 is 0 Å². The summed E-state index contributed by atoms with van der Waals surface area (Å²) in [7, 11) is 0. The number of nitrogens with zero attached hydrogens (tertiary/aromatic N) is 3. The van der Waals surface area contributed by atoms with Gasteiger partial charge in [-0.3, -0.25) is 10.1 Å². The summed E-state index contributed by atoms with van der Waals surface area (Å²) >= 11 is 0. The summed E-state index contributed by atoms with van der Waals surface area (Å²) in [5.41, 5.74) is -0.586. The largest absolute Gasteiger partial charge is 0.433 e. The average molecular weight is 357 g/mol. The molecule has 0 bridgehead atoms. The van der Waals surface area contributed by atoms with Gasteiger partial charge in [-0.1, -0.05) is 12.1 Å². The molecular weight excluding hydrogens is 343 g/mol. The summed E-state index contributed by atoms with van der Waals surface area (Å²) in [6.45, 7) is -0.167. The van der Waals surface area contributed by atoms with Crippen molar-refractivity contribution >= 4 is 17.5 Å². The van der Waals surface area contributed by atoms with Gasteiger partial charge in [0.25, 0.3) is 5.69 Å². The van der Waals surface area contributed by atoms with Crippen molar-refractivity contribution < 1.29 is 23.2 Å². The average Bonchev–Trinajstić information content (AvgIpc) is 2.57. The highest BCUT2D eigenvalue weighted by Gasteiger charge is 2.33. The Balaban J connectivity index is 2.15. The summed E-state index contributed by atoms with van der Waals surface area (Å²) < 4.78 is 38.7. The molecule has 0 aliphatic rings. The number of hydrogen-bond donors (Lipinski definition) is 3. The molecule has 0 spiro atoms. The molecule has 0 radical (unpaired) electrons. The van der Waals surface area contributed by atoms with Crippen LogP contribution in [0.25, 0.3) is 0 Å². The molecular formula is C14H14F3N5O3. The zero-order chi connectivity index (χ0) is 18.4. The van der Waals surface area contributed by atoms with Crippen LogP contribution in [0.3, 0.4) is 0 Å². The first-order chi connectivity index (χ1) is 11.8. The zero-order valence-corrected chi connectivity index (χ0v) is 12.7. The van der Waals surface area contributed by atoms with E-state index >= 15 is 0 Å². The first kappa shape index (κ1) is 18.4. The second kappa shape index (κ2) is 7.75. The number of hydrogen-bond acceptors (Lipinski definition) is 7. The molecule has 0 amide bonds. The molecule has 0 unspecified atom stereocenters. The molecule has 1 aromatic heterocycles. The van der Waals surface area contributed by atoms with Crippen LogP contribution in [0, 0.1) is 10.1 Å². The number of anilines is 2. The molecule has 3 N–H and O–H groups in total. The minimum atomic E-state index is -4.65. The second-order valence-electron chi connectivity index (χ2n) is 4.89. The molecule has 0 saturated heterocycles. The van der Waals surface area contributed by atoms with Gasteiger partial charge in [0.1, 0.15) is 5.82 Å². The first-order valence-electron chi connectivity index (χ1n) is 7.08. The molecule has 25 heavy (non-hydrogen) atoms. The van der Waals surface area contributed by atoms with Gasteiger partial charge >= 0.3 is 6.18 Å². The minimum absolute atomic E-state index is 0.00308. The summed E-state index contributed by atoms with van der Waals surface area (Å²) in [4.78, 5) is 17.3. The fourth-order valence-electron chi connectivity index (χ4n) is 1.86. The van der Waals surface area contributed by atoms with Crippen LogP contribution in [0.15, 0.2) is 30.3 Å². The minimum Gasteiger partial charge on any atom is -0.395 e. The smallest absolute Gasteiger partial charge is 0.395 e. The Morgan fingerprint density at radius 3 is 2.40 bits per heavy atom. The summed E-state index contributed by atoms with van der Waals surface area (Å²) in [6.07, 6.45) is -4.65. The number of nitro groups is 1. The molecule has 1 aromatic carbocycles.